The van der Waals surface area contributed by atoms with E-state index < -0.39 is 5.54 Å². The van der Waals surface area contributed by atoms with Crippen LogP contribution in [0.15, 0.2) is 0 Å². The zero-order valence-corrected chi connectivity index (χ0v) is 11.7. The number of likely N-dealkylation sites (tertiary alicyclic amines) is 1. The molecule has 0 bridgehead atoms. The lowest BCUT2D eigenvalue weighted by atomic mass is 9.98. The van der Waals surface area contributed by atoms with Crippen molar-refractivity contribution in [3.63, 3.8) is 0 Å². The molecular formula is C13H29N3O. The second kappa shape index (κ2) is 6.69. The van der Waals surface area contributed by atoms with Crippen molar-refractivity contribution >= 4 is 0 Å². The smallest absolute Gasteiger partial charge is 0.0608 e. The minimum atomic E-state index is -0.413. The van der Waals surface area contributed by atoms with Crippen LogP contribution in [0, 0.1) is 0 Å². The highest BCUT2D eigenvalue weighted by molar-refractivity contribution is 4.80. The molecule has 1 saturated heterocycles. The van der Waals surface area contributed by atoms with Gasteiger partial charge in [0, 0.05) is 18.1 Å². The zero-order valence-electron chi connectivity index (χ0n) is 11.7. The van der Waals surface area contributed by atoms with E-state index in [0.29, 0.717) is 6.04 Å². The van der Waals surface area contributed by atoms with Crippen LogP contribution in [0.4, 0.5) is 0 Å². The quantitative estimate of drug-likeness (QED) is 0.713. The lowest BCUT2D eigenvalue weighted by Crippen LogP contribution is -2.46. The first-order valence-electron chi connectivity index (χ1n) is 6.73. The second-order valence-corrected chi connectivity index (χ2v) is 5.95. The number of aliphatic hydroxyl groups excluding tert-OH is 1. The molecule has 0 aromatic carbocycles. The monoisotopic (exact) mass is 243 g/mol. The molecule has 0 saturated carbocycles. The van der Waals surface area contributed by atoms with Crippen molar-refractivity contribution in [2.24, 2.45) is 5.73 Å². The molecule has 0 amide bonds. The molecule has 1 heterocycles. The van der Waals surface area contributed by atoms with Gasteiger partial charge in [-0.25, -0.2) is 0 Å². The molecule has 3 N–H and O–H groups in total. The van der Waals surface area contributed by atoms with Gasteiger partial charge in [-0.15, -0.1) is 0 Å². The van der Waals surface area contributed by atoms with Gasteiger partial charge in [-0.05, 0) is 59.8 Å². The van der Waals surface area contributed by atoms with Crippen molar-refractivity contribution < 1.29 is 5.11 Å². The topological polar surface area (TPSA) is 52.7 Å². The van der Waals surface area contributed by atoms with Crippen LogP contribution in [0.3, 0.4) is 0 Å². The van der Waals surface area contributed by atoms with Gasteiger partial charge >= 0.3 is 0 Å². The van der Waals surface area contributed by atoms with Gasteiger partial charge in [0.15, 0.2) is 0 Å². The third kappa shape index (κ3) is 5.34. The van der Waals surface area contributed by atoms with E-state index in [1.807, 2.05) is 6.92 Å². The maximum absolute atomic E-state index is 9.10. The lowest BCUT2D eigenvalue weighted by Gasteiger charge is -2.36. The molecule has 1 rings (SSSR count). The summed E-state index contributed by atoms with van der Waals surface area (Å²) in [7, 11) is 4.40. The Kier molecular flexibility index (Phi) is 5.86. The number of piperidine rings is 1. The average Bonchev–Trinajstić information content (AvgIpc) is 2.28. The Morgan fingerprint density at radius 2 is 2.24 bits per heavy atom. The van der Waals surface area contributed by atoms with Crippen LogP contribution < -0.4 is 5.73 Å². The van der Waals surface area contributed by atoms with Crippen molar-refractivity contribution in [1.82, 2.24) is 9.80 Å². The van der Waals surface area contributed by atoms with Gasteiger partial charge in [0.05, 0.1) is 6.61 Å². The molecule has 2 atom stereocenters. The van der Waals surface area contributed by atoms with Gasteiger partial charge in [0.25, 0.3) is 0 Å². The molecule has 4 heteroatoms. The van der Waals surface area contributed by atoms with E-state index >= 15 is 0 Å². The highest BCUT2D eigenvalue weighted by Gasteiger charge is 2.22. The summed E-state index contributed by atoms with van der Waals surface area (Å²) < 4.78 is 0. The van der Waals surface area contributed by atoms with Gasteiger partial charge in [-0.3, -0.25) is 0 Å². The molecule has 1 aliphatic rings. The first-order valence-corrected chi connectivity index (χ1v) is 6.73. The number of aliphatic hydroxyl groups is 1. The lowest BCUT2D eigenvalue weighted by molar-refractivity contribution is 0.127. The number of hydrogen-bond acceptors (Lipinski definition) is 4. The summed E-state index contributed by atoms with van der Waals surface area (Å²) in [5, 5.41) is 9.10. The van der Waals surface area contributed by atoms with E-state index in [1.165, 1.54) is 25.9 Å². The van der Waals surface area contributed by atoms with E-state index in [9.17, 15) is 0 Å². The van der Waals surface area contributed by atoms with Gasteiger partial charge in [-0.1, -0.05) is 0 Å². The molecule has 2 unspecified atom stereocenters. The largest absolute Gasteiger partial charge is 0.394 e. The fraction of sp³-hybridized carbons (Fsp3) is 1.00. The Morgan fingerprint density at radius 1 is 1.53 bits per heavy atom. The Morgan fingerprint density at radius 3 is 2.82 bits per heavy atom. The molecule has 0 aromatic heterocycles. The summed E-state index contributed by atoms with van der Waals surface area (Å²) in [6, 6.07) is 0.687. The summed E-state index contributed by atoms with van der Waals surface area (Å²) in [5.41, 5.74) is 5.51. The summed E-state index contributed by atoms with van der Waals surface area (Å²) in [4.78, 5) is 4.86. The normalized spacial score (nSPS) is 26.1. The SMILES string of the molecule is CN1CCCC(N(C)CCCC(C)(N)CO)C1. The van der Waals surface area contributed by atoms with Crippen LogP contribution in [0.25, 0.3) is 0 Å². The second-order valence-electron chi connectivity index (χ2n) is 5.95. The number of rotatable bonds is 6. The van der Waals surface area contributed by atoms with Crippen molar-refractivity contribution in [1.29, 1.82) is 0 Å². The number of likely N-dealkylation sites (N-methyl/N-ethyl adjacent to an activating group) is 2. The summed E-state index contributed by atoms with van der Waals surface area (Å²) in [5.74, 6) is 0. The Bertz CT molecular complexity index is 221. The molecule has 1 fully saturated rings. The van der Waals surface area contributed by atoms with E-state index in [0.717, 1.165) is 19.4 Å². The molecule has 0 aliphatic carbocycles. The van der Waals surface area contributed by atoms with Crippen molar-refractivity contribution in [2.75, 3.05) is 40.3 Å². The summed E-state index contributed by atoms with van der Waals surface area (Å²) >= 11 is 0. The van der Waals surface area contributed by atoms with Crippen LogP contribution in [0.1, 0.15) is 32.6 Å². The van der Waals surface area contributed by atoms with Crippen LogP contribution in [-0.2, 0) is 0 Å². The first-order chi connectivity index (χ1) is 7.94. The molecule has 4 nitrogen and oxygen atoms in total. The Hall–Kier alpha value is -0.160. The van der Waals surface area contributed by atoms with E-state index in [-0.39, 0.29) is 6.61 Å². The van der Waals surface area contributed by atoms with E-state index in [1.54, 1.807) is 0 Å². The van der Waals surface area contributed by atoms with Crippen LogP contribution >= 0.6 is 0 Å². The maximum Gasteiger partial charge on any atom is 0.0608 e. The maximum atomic E-state index is 9.10. The van der Waals surface area contributed by atoms with E-state index in [4.69, 9.17) is 10.8 Å². The van der Waals surface area contributed by atoms with Crippen LogP contribution in [0.5, 0.6) is 0 Å². The van der Waals surface area contributed by atoms with Crippen LogP contribution in [-0.4, -0.2) is 66.8 Å². The van der Waals surface area contributed by atoms with Crippen molar-refractivity contribution in [3.05, 3.63) is 0 Å². The predicted octanol–water partition coefficient (Wildman–Crippen LogP) is 0.502. The molecule has 0 aromatic rings. The highest BCUT2D eigenvalue weighted by atomic mass is 16.3. The third-order valence-corrected chi connectivity index (χ3v) is 3.84. The molecule has 0 spiro atoms. The molecular weight excluding hydrogens is 214 g/mol. The average molecular weight is 243 g/mol. The van der Waals surface area contributed by atoms with Gasteiger partial charge in [0.1, 0.15) is 0 Å². The molecule has 0 radical (unpaired) electrons. The number of hydrogen-bond donors (Lipinski definition) is 2. The van der Waals surface area contributed by atoms with E-state index in [2.05, 4.69) is 23.9 Å². The fourth-order valence-corrected chi connectivity index (χ4v) is 2.49. The zero-order chi connectivity index (χ0) is 12.9. The summed E-state index contributed by atoms with van der Waals surface area (Å²) in [6.07, 6.45) is 4.55. The van der Waals surface area contributed by atoms with Gasteiger partial charge in [0.2, 0.25) is 0 Å². The Labute approximate surface area is 106 Å². The molecule has 1 aliphatic heterocycles. The highest BCUT2D eigenvalue weighted by Crippen LogP contribution is 2.15. The standard InChI is InChI=1S/C13H29N3O/c1-13(14,11-17)7-5-9-16(3)12-6-4-8-15(2)10-12/h12,17H,4-11,14H2,1-3H3. The van der Waals surface area contributed by atoms with Crippen molar-refractivity contribution in [3.8, 4) is 0 Å². The van der Waals surface area contributed by atoms with Crippen LogP contribution in [0.2, 0.25) is 0 Å². The molecule has 102 valence electrons. The number of nitrogens with two attached hydrogens (primary N) is 1. The number of nitrogens with zero attached hydrogens (tertiary/aromatic N) is 2. The summed E-state index contributed by atoms with van der Waals surface area (Å²) in [6.45, 7) is 5.47. The van der Waals surface area contributed by atoms with Gasteiger partial charge in [-0.2, -0.15) is 0 Å². The minimum absolute atomic E-state index is 0.0723. The molecule has 17 heavy (non-hydrogen) atoms. The van der Waals surface area contributed by atoms with Crippen molar-refractivity contribution in [2.45, 2.75) is 44.2 Å². The first kappa shape index (κ1) is 14.9. The Balaban J connectivity index is 2.22. The predicted molar refractivity (Wildman–Crippen MR) is 72.1 cm³/mol. The fourth-order valence-electron chi connectivity index (χ4n) is 2.49. The third-order valence-electron chi connectivity index (χ3n) is 3.84. The van der Waals surface area contributed by atoms with Gasteiger partial charge < -0.3 is 20.6 Å². The minimum Gasteiger partial charge on any atom is -0.394 e.